The van der Waals surface area contributed by atoms with E-state index in [4.69, 9.17) is 10.1 Å². The van der Waals surface area contributed by atoms with Crippen LogP contribution in [0.1, 0.15) is 92.1 Å². The number of allylic oxidation sites excluding steroid dienone is 2. The molecule has 1 amide bonds. The Morgan fingerprint density at radius 2 is 1.68 bits per heavy atom. The number of rotatable bonds is 17. The van der Waals surface area contributed by atoms with Crippen LogP contribution in [0, 0.1) is 40.9 Å². The quantitative estimate of drug-likeness (QED) is 0.127. The molecule has 0 bridgehead atoms. The van der Waals surface area contributed by atoms with Gasteiger partial charge in [0.05, 0.1) is 5.71 Å². The SMILES string of the molecule is CC(=O)C(C[C@H](C)C(CC(C)C)NC(=O)C[C@H](C(=N)C(=O)CC1CC=CCC1)C(=O)OCc1ccccc1)C(C)C. The zero-order valence-electron chi connectivity index (χ0n) is 25.8. The van der Waals surface area contributed by atoms with Crippen LogP contribution in [0.3, 0.4) is 0 Å². The zero-order valence-corrected chi connectivity index (χ0v) is 25.8. The Labute approximate surface area is 246 Å². The first kappa shape index (κ1) is 34.1. The van der Waals surface area contributed by atoms with E-state index < -0.39 is 23.6 Å². The summed E-state index contributed by atoms with van der Waals surface area (Å²) in [5.74, 6) is -2.12. The Hall–Kier alpha value is -3.09. The third kappa shape index (κ3) is 11.7. The van der Waals surface area contributed by atoms with Gasteiger partial charge in [-0.3, -0.25) is 19.2 Å². The van der Waals surface area contributed by atoms with Gasteiger partial charge in [-0.2, -0.15) is 0 Å². The van der Waals surface area contributed by atoms with E-state index in [0.29, 0.717) is 18.8 Å². The Kier molecular flexibility index (Phi) is 14.1. The molecule has 2 N–H and O–H groups in total. The van der Waals surface area contributed by atoms with Crippen LogP contribution in [-0.2, 0) is 30.5 Å². The van der Waals surface area contributed by atoms with Crippen molar-refractivity contribution >= 4 is 29.2 Å². The summed E-state index contributed by atoms with van der Waals surface area (Å²) in [5.41, 5.74) is 0.421. The second-order valence-electron chi connectivity index (χ2n) is 12.5. The molecule has 2 rings (SSSR count). The maximum absolute atomic E-state index is 13.4. The molecular formula is C34H50N2O5. The van der Waals surface area contributed by atoms with Crippen LogP contribution in [0.5, 0.6) is 0 Å². The smallest absolute Gasteiger partial charge is 0.316 e. The van der Waals surface area contributed by atoms with Crippen LogP contribution in [-0.4, -0.2) is 35.2 Å². The summed E-state index contributed by atoms with van der Waals surface area (Å²) in [6.07, 6.45) is 7.90. The number of carbonyl (C=O) groups excluding carboxylic acids is 4. The normalized spacial score (nSPS) is 17.9. The van der Waals surface area contributed by atoms with Crippen LogP contribution in [0.4, 0.5) is 0 Å². The Balaban J connectivity index is 2.18. The number of hydrogen-bond donors (Lipinski definition) is 2. The van der Waals surface area contributed by atoms with E-state index in [2.05, 4.69) is 31.3 Å². The van der Waals surface area contributed by atoms with Gasteiger partial charge in [-0.05, 0) is 68.3 Å². The van der Waals surface area contributed by atoms with Gasteiger partial charge in [-0.1, -0.05) is 77.1 Å². The molecule has 3 unspecified atom stereocenters. The van der Waals surface area contributed by atoms with E-state index in [1.807, 2.05) is 51.1 Å². The molecule has 0 aromatic heterocycles. The predicted octanol–water partition coefficient (Wildman–Crippen LogP) is 6.49. The van der Waals surface area contributed by atoms with Gasteiger partial charge in [0.2, 0.25) is 5.91 Å². The molecule has 0 aliphatic heterocycles. The molecular weight excluding hydrogens is 516 g/mol. The molecule has 0 saturated heterocycles. The number of ketones is 2. The van der Waals surface area contributed by atoms with Crippen molar-refractivity contribution < 1.29 is 23.9 Å². The Morgan fingerprint density at radius 3 is 2.24 bits per heavy atom. The van der Waals surface area contributed by atoms with Crippen molar-refractivity contribution in [3.63, 3.8) is 0 Å². The Bertz CT molecular complexity index is 1060. The lowest BCUT2D eigenvalue weighted by molar-refractivity contribution is -0.149. The summed E-state index contributed by atoms with van der Waals surface area (Å²) in [4.78, 5) is 52.0. The van der Waals surface area contributed by atoms with Crippen molar-refractivity contribution in [3.05, 3.63) is 48.0 Å². The molecule has 226 valence electrons. The maximum atomic E-state index is 13.4. The Morgan fingerprint density at radius 1 is 1.00 bits per heavy atom. The van der Waals surface area contributed by atoms with E-state index in [1.54, 1.807) is 6.92 Å². The number of Topliss-reactive ketones (excluding diaryl/α,β-unsaturated/α-hetero) is 2. The highest BCUT2D eigenvalue weighted by Crippen LogP contribution is 2.27. The predicted molar refractivity (Wildman–Crippen MR) is 162 cm³/mol. The summed E-state index contributed by atoms with van der Waals surface area (Å²) in [6, 6.07) is 8.98. The fraction of sp³-hybridized carbons (Fsp3) is 0.618. The molecule has 1 aliphatic carbocycles. The summed E-state index contributed by atoms with van der Waals surface area (Å²) in [5, 5.41) is 11.7. The van der Waals surface area contributed by atoms with Crippen LogP contribution in [0.25, 0.3) is 0 Å². The van der Waals surface area contributed by atoms with E-state index in [9.17, 15) is 19.2 Å². The van der Waals surface area contributed by atoms with Crippen molar-refractivity contribution in [1.29, 1.82) is 5.41 Å². The van der Waals surface area contributed by atoms with E-state index in [0.717, 1.165) is 24.8 Å². The standard InChI is InChI=1S/C34H50N2O5/c1-22(2)17-30(24(5)18-28(23(3)4)25(6)37)36-32(39)20-29(34(40)41-21-27-15-11-8-12-16-27)33(35)31(38)19-26-13-9-7-10-14-26/h7-9,11-12,15-16,22-24,26,28-30,35H,10,13-14,17-21H2,1-6H3,(H,36,39)/t24-,26?,28?,29+,30?/m0/s1. The van der Waals surface area contributed by atoms with Crippen LogP contribution in [0.15, 0.2) is 42.5 Å². The third-order valence-electron chi connectivity index (χ3n) is 8.11. The number of benzene rings is 1. The highest BCUT2D eigenvalue weighted by atomic mass is 16.5. The average molecular weight is 567 g/mol. The first-order valence-electron chi connectivity index (χ1n) is 15.2. The van der Waals surface area contributed by atoms with Gasteiger partial charge >= 0.3 is 5.97 Å². The third-order valence-corrected chi connectivity index (χ3v) is 8.11. The molecule has 0 spiro atoms. The highest BCUT2D eigenvalue weighted by molar-refractivity contribution is 6.42. The van der Waals surface area contributed by atoms with Gasteiger partial charge < -0.3 is 15.5 Å². The average Bonchev–Trinajstić information content (AvgIpc) is 2.92. The number of ether oxygens (including phenoxy) is 1. The molecule has 0 fully saturated rings. The molecule has 7 heteroatoms. The second kappa shape index (κ2) is 17.0. The van der Waals surface area contributed by atoms with Gasteiger partial charge in [0.15, 0.2) is 5.78 Å². The van der Waals surface area contributed by atoms with Crippen molar-refractivity contribution in [2.45, 2.75) is 99.1 Å². The van der Waals surface area contributed by atoms with Gasteiger partial charge in [0, 0.05) is 24.8 Å². The van der Waals surface area contributed by atoms with Gasteiger partial charge in [-0.25, -0.2) is 0 Å². The summed E-state index contributed by atoms with van der Waals surface area (Å²) < 4.78 is 5.51. The molecule has 1 aromatic rings. The van der Waals surface area contributed by atoms with Crippen molar-refractivity contribution in [3.8, 4) is 0 Å². The van der Waals surface area contributed by atoms with E-state index in [-0.39, 0.29) is 60.7 Å². The van der Waals surface area contributed by atoms with Crippen molar-refractivity contribution in [1.82, 2.24) is 5.32 Å². The lowest BCUT2D eigenvalue weighted by Gasteiger charge is -2.30. The lowest BCUT2D eigenvalue weighted by Crippen LogP contribution is -2.44. The zero-order chi connectivity index (χ0) is 30.5. The fourth-order valence-corrected chi connectivity index (χ4v) is 5.61. The number of amides is 1. The first-order chi connectivity index (χ1) is 19.4. The number of hydrogen-bond acceptors (Lipinski definition) is 6. The lowest BCUT2D eigenvalue weighted by atomic mass is 9.80. The largest absolute Gasteiger partial charge is 0.460 e. The minimum atomic E-state index is -1.28. The highest BCUT2D eigenvalue weighted by Gasteiger charge is 2.34. The van der Waals surface area contributed by atoms with Crippen molar-refractivity contribution in [2.24, 2.45) is 35.5 Å². The minimum Gasteiger partial charge on any atom is -0.460 e. The van der Waals surface area contributed by atoms with E-state index in [1.165, 1.54) is 0 Å². The number of nitrogens with one attached hydrogen (secondary N) is 2. The summed E-state index contributed by atoms with van der Waals surface area (Å²) >= 11 is 0. The van der Waals surface area contributed by atoms with Gasteiger partial charge in [0.1, 0.15) is 18.3 Å². The van der Waals surface area contributed by atoms with Crippen LogP contribution < -0.4 is 5.32 Å². The molecule has 0 saturated carbocycles. The minimum absolute atomic E-state index is 0.00132. The molecule has 0 radical (unpaired) electrons. The fourth-order valence-electron chi connectivity index (χ4n) is 5.61. The molecule has 41 heavy (non-hydrogen) atoms. The van der Waals surface area contributed by atoms with Crippen LogP contribution >= 0.6 is 0 Å². The monoisotopic (exact) mass is 566 g/mol. The van der Waals surface area contributed by atoms with Gasteiger partial charge in [0.25, 0.3) is 0 Å². The van der Waals surface area contributed by atoms with Crippen LogP contribution in [0.2, 0.25) is 0 Å². The molecule has 0 heterocycles. The molecule has 7 nitrogen and oxygen atoms in total. The van der Waals surface area contributed by atoms with E-state index >= 15 is 0 Å². The summed E-state index contributed by atoms with van der Waals surface area (Å²) in [6.45, 7) is 11.9. The second-order valence-corrected chi connectivity index (χ2v) is 12.5. The van der Waals surface area contributed by atoms with Crippen molar-refractivity contribution in [2.75, 3.05) is 0 Å². The summed E-state index contributed by atoms with van der Waals surface area (Å²) in [7, 11) is 0. The number of carbonyl (C=O) groups is 4. The molecule has 1 aliphatic rings. The van der Waals surface area contributed by atoms with Gasteiger partial charge in [-0.15, -0.1) is 0 Å². The molecule has 1 aromatic carbocycles. The number of esters is 1. The maximum Gasteiger partial charge on any atom is 0.316 e. The first-order valence-corrected chi connectivity index (χ1v) is 15.2. The molecule has 5 atom stereocenters. The topological polar surface area (TPSA) is 113 Å².